The summed E-state index contributed by atoms with van der Waals surface area (Å²) in [5, 5.41) is 15.2. The zero-order valence-corrected chi connectivity index (χ0v) is 18.4. The summed E-state index contributed by atoms with van der Waals surface area (Å²) in [7, 11) is 4.73. The van der Waals surface area contributed by atoms with Crippen LogP contribution in [0.15, 0.2) is 30.5 Å². The van der Waals surface area contributed by atoms with Gasteiger partial charge in [0.15, 0.2) is 23.0 Å². The van der Waals surface area contributed by atoms with Crippen LogP contribution in [0.2, 0.25) is 0 Å². The number of carbonyl (C=O) groups excluding carboxylic acids is 2. The molecule has 0 saturated heterocycles. The van der Waals surface area contributed by atoms with Gasteiger partial charge in [-0.1, -0.05) is 0 Å². The highest BCUT2D eigenvalue weighted by Gasteiger charge is 2.34. The minimum absolute atomic E-state index is 0.0826. The molecule has 3 aromatic rings. The zero-order valence-electron chi connectivity index (χ0n) is 18.4. The van der Waals surface area contributed by atoms with E-state index in [-0.39, 0.29) is 18.2 Å². The minimum atomic E-state index is -0.575. The maximum atomic E-state index is 13.1. The highest BCUT2D eigenvalue weighted by atomic mass is 16.5. The highest BCUT2D eigenvalue weighted by Crippen LogP contribution is 2.35. The van der Waals surface area contributed by atoms with Crippen LogP contribution in [0.1, 0.15) is 29.8 Å². The molecule has 3 heterocycles. The van der Waals surface area contributed by atoms with Gasteiger partial charge in [-0.25, -0.2) is 0 Å². The van der Waals surface area contributed by atoms with Crippen LogP contribution in [0.3, 0.4) is 0 Å². The highest BCUT2D eigenvalue weighted by molar-refractivity contribution is 5.88. The van der Waals surface area contributed by atoms with Crippen molar-refractivity contribution in [2.24, 2.45) is 0 Å². The Bertz CT molecular complexity index is 1140. The maximum absolute atomic E-state index is 13.1. The molecule has 0 aliphatic carbocycles. The van der Waals surface area contributed by atoms with Crippen molar-refractivity contribution in [1.29, 1.82) is 0 Å². The average Bonchev–Trinajstić information content (AvgIpc) is 3.24. The number of methoxy groups -OCH3 is 2. The molecule has 10 nitrogen and oxygen atoms in total. The van der Waals surface area contributed by atoms with E-state index in [0.29, 0.717) is 48.8 Å². The van der Waals surface area contributed by atoms with Crippen molar-refractivity contribution in [2.75, 3.05) is 21.3 Å². The smallest absolute Gasteiger partial charge is 0.242 e. The summed E-state index contributed by atoms with van der Waals surface area (Å²) in [4.78, 5) is 27.4. The van der Waals surface area contributed by atoms with Crippen LogP contribution < -0.4 is 14.8 Å². The Labute approximate surface area is 185 Å². The first kappa shape index (κ1) is 21.5. The summed E-state index contributed by atoms with van der Waals surface area (Å²) in [5.74, 6) is 1.64. The van der Waals surface area contributed by atoms with Crippen LogP contribution in [0, 0.1) is 0 Å². The van der Waals surface area contributed by atoms with Gasteiger partial charge >= 0.3 is 0 Å². The zero-order chi connectivity index (χ0) is 22.7. The van der Waals surface area contributed by atoms with Gasteiger partial charge in [0.2, 0.25) is 11.8 Å². The number of likely N-dealkylation sites (N-methyl/N-ethyl adjacent to an activating group) is 1. The topological polar surface area (TPSA) is 111 Å². The van der Waals surface area contributed by atoms with E-state index in [9.17, 15) is 9.59 Å². The quantitative estimate of drug-likeness (QED) is 0.589. The molecular weight excluding hydrogens is 412 g/mol. The van der Waals surface area contributed by atoms with Gasteiger partial charge in [-0.2, -0.15) is 9.61 Å². The second kappa shape index (κ2) is 9.21. The first-order valence-electron chi connectivity index (χ1n) is 10.5. The Kier molecular flexibility index (Phi) is 6.20. The maximum Gasteiger partial charge on any atom is 0.242 e. The molecule has 168 valence electrons. The molecule has 2 amide bonds. The summed E-state index contributed by atoms with van der Waals surface area (Å²) in [6.07, 6.45) is 3.51. The second-order valence-electron chi connectivity index (χ2n) is 7.60. The lowest BCUT2D eigenvalue weighted by molar-refractivity contribution is -0.141. The molecule has 0 fully saturated rings. The van der Waals surface area contributed by atoms with Gasteiger partial charge in [0, 0.05) is 39.1 Å². The number of aryl methyl sites for hydroxylation is 1. The van der Waals surface area contributed by atoms with Crippen LogP contribution in [0.25, 0.3) is 5.65 Å². The van der Waals surface area contributed by atoms with Crippen LogP contribution in [-0.4, -0.2) is 63.8 Å². The van der Waals surface area contributed by atoms with Gasteiger partial charge in [-0.3, -0.25) is 9.59 Å². The Hall–Kier alpha value is -3.69. The average molecular weight is 438 g/mol. The largest absolute Gasteiger partial charge is 0.493 e. The SMILES string of the molecule is CNC(=O)C1Cc2cc(OC)c(OC)cc2CN1C(=O)CCCc1nnc2cccnn12. The van der Waals surface area contributed by atoms with Crippen molar-refractivity contribution in [2.45, 2.75) is 38.3 Å². The molecule has 2 aromatic heterocycles. The Balaban J connectivity index is 1.50. The van der Waals surface area contributed by atoms with Crippen molar-refractivity contribution in [3.05, 3.63) is 47.4 Å². The lowest BCUT2D eigenvalue weighted by atomic mass is 9.92. The number of benzene rings is 1. The molecule has 0 spiro atoms. The first-order valence-corrected chi connectivity index (χ1v) is 10.5. The number of hydrogen-bond acceptors (Lipinski definition) is 7. The van der Waals surface area contributed by atoms with Crippen molar-refractivity contribution in [3.8, 4) is 11.5 Å². The normalized spacial score (nSPS) is 15.3. The molecule has 10 heteroatoms. The first-order chi connectivity index (χ1) is 15.5. The van der Waals surface area contributed by atoms with E-state index < -0.39 is 6.04 Å². The molecule has 0 saturated carbocycles. The van der Waals surface area contributed by atoms with Gasteiger partial charge in [-0.05, 0) is 41.8 Å². The van der Waals surface area contributed by atoms with Crippen molar-refractivity contribution < 1.29 is 19.1 Å². The molecule has 1 atom stereocenters. The third-order valence-corrected chi connectivity index (χ3v) is 5.74. The molecule has 32 heavy (non-hydrogen) atoms. The van der Waals surface area contributed by atoms with Crippen LogP contribution in [-0.2, 0) is 29.0 Å². The summed E-state index contributed by atoms with van der Waals surface area (Å²) >= 11 is 0. The van der Waals surface area contributed by atoms with Gasteiger partial charge in [0.25, 0.3) is 0 Å². The molecule has 0 bridgehead atoms. The predicted octanol–water partition coefficient (Wildman–Crippen LogP) is 1.16. The molecule has 4 rings (SSSR count). The monoisotopic (exact) mass is 438 g/mol. The third kappa shape index (κ3) is 4.08. The number of carbonyl (C=O) groups is 2. The standard InChI is InChI=1S/C22H26N6O4/c1-23-22(30)16-10-14-11-17(31-2)18(32-3)12-15(14)13-27(16)21(29)8-4-6-19-25-26-20-7-5-9-24-28(19)20/h5,7,9,11-12,16H,4,6,8,10,13H2,1-3H3,(H,23,30). The number of ether oxygens (including phenoxy) is 2. The van der Waals surface area contributed by atoms with E-state index >= 15 is 0 Å². The Morgan fingerprint density at radius 1 is 1.16 bits per heavy atom. The van der Waals surface area contributed by atoms with E-state index in [0.717, 1.165) is 11.1 Å². The van der Waals surface area contributed by atoms with E-state index in [1.165, 1.54) is 0 Å². The number of fused-ring (bicyclic) bond motifs is 2. The molecule has 1 unspecified atom stereocenters. The number of hydrogen-bond donors (Lipinski definition) is 1. The van der Waals surface area contributed by atoms with Crippen molar-refractivity contribution in [3.63, 3.8) is 0 Å². The molecule has 1 aliphatic heterocycles. The van der Waals surface area contributed by atoms with E-state index in [2.05, 4.69) is 20.6 Å². The van der Waals surface area contributed by atoms with E-state index in [1.807, 2.05) is 18.2 Å². The molecular formula is C22H26N6O4. The molecule has 1 aromatic carbocycles. The van der Waals surface area contributed by atoms with Crippen LogP contribution >= 0.6 is 0 Å². The van der Waals surface area contributed by atoms with Gasteiger partial charge in [0.05, 0.1) is 14.2 Å². The van der Waals surface area contributed by atoms with E-state index in [1.54, 1.807) is 42.9 Å². The minimum Gasteiger partial charge on any atom is -0.493 e. The van der Waals surface area contributed by atoms with Crippen molar-refractivity contribution in [1.82, 2.24) is 30.0 Å². The fourth-order valence-corrected chi connectivity index (χ4v) is 4.06. The number of rotatable bonds is 7. The lowest BCUT2D eigenvalue weighted by Gasteiger charge is -2.36. The van der Waals surface area contributed by atoms with Crippen LogP contribution in [0.5, 0.6) is 11.5 Å². The summed E-state index contributed by atoms with van der Waals surface area (Å²) in [6, 6.07) is 6.82. The molecule has 1 aliphatic rings. The fraction of sp³-hybridized carbons (Fsp3) is 0.409. The summed E-state index contributed by atoms with van der Waals surface area (Å²) in [6.45, 7) is 0.335. The second-order valence-corrected chi connectivity index (χ2v) is 7.60. The summed E-state index contributed by atoms with van der Waals surface area (Å²) in [5.41, 5.74) is 2.59. The number of amides is 2. The number of nitrogens with one attached hydrogen (secondary N) is 1. The van der Waals surface area contributed by atoms with Gasteiger partial charge in [0.1, 0.15) is 6.04 Å². The Morgan fingerprint density at radius 3 is 2.62 bits per heavy atom. The number of aromatic nitrogens is 4. The third-order valence-electron chi connectivity index (χ3n) is 5.74. The van der Waals surface area contributed by atoms with Gasteiger partial charge < -0.3 is 19.7 Å². The van der Waals surface area contributed by atoms with E-state index in [4.69, 9.17) is 9.47 Å². The number of nitrogens with zero attached hydrogens (tertiary/aromatic N) is 5. The molecule has 0 radical (unpaired) electrons. The fourth-order valence-electron chi connectivity index (χ4n) is 4.06. The van der Waals surface area contributed by atoms with Gasteiger partial charge in [-0.15, -0.1) is 10.2 Å². The summed E-state index contributed by atoms with van der Waals surface area (Å²) < 4.78 is 12.5. The van der Waals surface area contributed by atoms with Crippen molar-refractivity contribution >= 4 is 17.5 Å². The predicted molar refractivity (Wildman–Crippen MR) is 115 cm³/mol. The van der Waals surface area contributed by atoms with Crippen LogP contribution in [0.4, 0.5) is 0 Å². The Morgan fingerprint density at radius 2 is 1.91 bits per heavy atom. The molecule has 1 N–H and O–H groups in total. The lowest BCUT2D eigenvalue weighted by Crippen LogP contribution is -2.51.